The van der Waals surface area contributed by atoms with Gasteiger partial charge in [-0.25, -0.2) is 13.1 Å². The molecule has 0 atom stereocenters. The predicted molar refractivity (Wildman–Crippen MR) is 113 cm³/mol. The third-order valence-electron chi connectivity index (χ3n) is 5.05. The van der Waals surface area contributed by atoms with Crippen LogP contribution in [0.1, 0.15) is 12.0 Å². The Bertz CT molecular complexity index is 975. The lowest BCUT2D eigenvalue weighted by Gasteiger charge is -2.36. The number of hydrogen-bond donors (Lipinski definition) is 1. The summed E-state index contributed by atoms with van der Waals surface area (Å²) in [5, 5.41) is 0. The van der Waals surface area contributed by atoms with Gasteiger partial charge in [0, 0.05) is 38.4 Å². The first-order chi connectivity index (χ1) is 14.6. The molecule has 0 unspecified atom stereocenters. The van der Waals surface area contributed by atoms with Gasteiger partial charge < -0.3 is 9.64 Å². The van der Waals surface area contributed by atoms with Crippen molar-refractivity contribution in [2.75, 3.05) is 44.2 Å². The summed E-state index contributed by atoms with van der Waals surface area (Å²) in [6.07, 6.45) is -4.42. The molecule has 1 aliphatic heterocycles. The van der Waals surface area contributed by atoms with Crippen molar-refractivity contribution in [2.24, 2.45) is 0 Å². The van der Waals surface area contributed by atoms with Crippen molar-refractivity contribution in [2.45, 2.75) is 24.6 Å². The van der Waals surface area contributed by atoms with Gasteiger partial charge in [0.2, 0.25) is 10.0 Å². The van der Waals surface area contributed by atoms with Gasteiger partial charge in [-0.05, 0) is 49.7 Å². The molecule has 1 heterocycles. The number of ether oxygens (including phenoxy) is 1. The van der Waals surface area contributed by atoms with Gasteiger partial charge in [0.05, 0.1) is 0 Å². The Labute approximate surface area is 180 Å². The van der Waals surface area contributed by atoms with Crippen LogP contribution in [0.2, 0.25) is 0 Å². The first kappa shape index (κ1) is 23.4. The first-order valence-corrected chi connectivity index (χ1v) is 11.5. The van der Waals surface area contributed by atoms with Gasteiger partial charge in [-0.15, -0.1) is 13.2 Å². The van der Waals surface area contributed by atoms with Crippen molar-refractivity contribution < 1.29 is 26.3 Å². The summed E-state index contributed by atoms with van der Waals surface area (Å²) in [5.41, 5.74) is 2.42. The maximum absolute atomic E-state index is 12.5. The topological polar surface area (TPSA) is 61.9 Å². The Hall–Kier alpha value is -2.30. The van der Waals surface area contributed by atoms with E-state index in [9.17, 15) is 21.6 Å². The highest BCUT2D eigenvalue weighted by Crippen LogP contribution is 2.29. The molecule has 10 heteroatoms. The van der Waals surface area contributed by atoms with Crippen LogP contribution in [0.3, 0.4) is 0 Å². The number of sulfonamides is 1. The van der Waals surface area contributed by atoms with Gasteiger partial charge in [0.1, 0.15) is 10.6 Å². The lowest BCUT2D eigenvalue weighted by atomic mass is 10.2. The standard InChI is InChI=1S/C21H26F3N3O3S/c1-17-6-4-7-18(16-17)27-14-12-26(13-15-27)11-5-10-25-31(28,29)20-9-3-2-8-19(20)30-21(22,23)24/h2-4,6-9,16,25H,5,10-15H2,1H3. The number of rotatable bonds is 8. The molecular formula is C21H26F3N3O3S. The molecule has 0 radical (unpaired) electrons. The molecule has 0 aliphatic carbocycles. The highest BCUT2D eigenvalue weighted by Gasteiger charge is 2.33. The highest BCUT2D eigenvalue weighted by atomic mass is 32.2. The van der Waals surface area contributed by atoms with Crippen LogP contribution in [0, 0.1) is 6.92 Å². The third kappa shape index (κ3) is 6.84. The van der Waals surface area contributed by atoms with Crippen molar-refractivity contribution in [3.63, 3.8) is 0 Å². The molecule has 1 N–H and O–H groups in total. The number of piperazine rings is 1. The zero-order valence-electron chi connectivity index (χ0n) is 17.2. The minimum Gasteiger partial charge on any atom is -0.404 e. The normalized spacial score (nSPS) is 15.8. The molecule has 3 rings (SSSR count). The van der Waals surface area contributed by atoms with E-state index in [1.807, 2.05) is 6.07 Å². The van der Waals surface area contributed by atoms with Crippen LogP contribution < -0.4 is 14.4 Å². The lowest BCUT2D eigenvalue weighted by Crippen LogP contribution is -2.47. The Morgan fingerprint density at radius 1 is 1.03 bits per heavy atom. The molecule has 0 aromatic heterocycles. The molecule has 1 aliphatic rings. The molecule has 1 fully saturated rings. The van der Waals surface area contributed by atoms with Crippen molar-refractivity contribution in [1.82, 2.24) is 9.62 Å². The molecule has 0 spiro atoms. The second-order valence-electron chi connectivity index (χ2n) is 7.41. The zero-order valence-corrected chi connectivity index (χ0v) is 18.0. The smallest absolute Gasteiger partial charge is 0.404 e. The summed E-state index contributed by atoms with van der Waals surface area (Å²) in [6, 6.07) is 13.1. The number of hydrogen-bond acceptors (Lipinski definition) is 5. The fraction of sp³-hybridized carbons (Fsp3) is 0.429. The Balaban J connectivity index is 1.46. The molecule has 0 amide bonds. The third-order valence-corrected chi connectivity index (χ3v) is 6.55. The summed E-state index contributed by atoms with van der Waals surface area (Å²) in [5.74, 6) is -0.741. The molecule has 31 heavy (non-hydrogen) atoms. The minimum absolute atomic E-state index is 0.126. The number of nitrogens with one attached hydrogen (secondary N) is 1. The number of anilines is 1. The van der Waals surface area contributed by atoms with Crippen LogP contribution >= 0.6 is 0 Å². The monoisotopic (exact) mass is 457 g/mol. The first-order valence-electron chi connectivity index (χ1n) is 10.0. The van der Waals surface area contributed by atoms with E-state index < -0.39 is 27.0 Å². The Morgan fingerprint density at radius 3 is 2.42 bits per heavy atom. The SMILES string of the molecule is Cc1cccc(N2CCN(CCCNS(=O)(=O)c3ccccc3OC(F)(F)F)CC2)c1. The van der Waals surface area contributed by atoms with Gasteiger partial charge in [0.15, 0.2) is 0 Å². The predicted octanol–water partition coefficient (Wildman–Crippen LogP) is 3.38. The summed E-state index contributed by atoms with van der Waals surface area (Å²) in [6.45, 7) is 6.39. The molecule has 0 bridgehead atoms. The van der Waals surface area contributed by atoms with Gasteiger partial charge >= 0.3 is 6.36 Å². The molecule has 2 aromatic rings. The minimum atomic E-state index is -4.97. The number of para-hydroxylation sites is 1. The Morgan fingerprint density at radius 2 is 1.74 bits per heavy atom. The van der Waals surface area contributed by atoms with Gasteiger partial charge in [-0.2, -0.15) is 0 Å². The average Bonchev–Trinajstić information content (AvgIpc) is 2.71. The van der Waals surface area contributed by atoms with Crippen LogP contribution in [0.15, 0.2) is 53.4 Å². The molecular weight excluding hydrogens is 431 g/mol. The van der Waals surface area contributed by atoms with Crippen LogP contribution in [0.5, 0.6) is 5.75 Å². The van der Waals surface area contributed by atoms with Crippen molar-refractivity contribution in [1.29, 1.82) is 0 Å². The number of nitrogens with zero attached hydrogens (tertiary/aromatic N) is 2. The summed E-state index contributed by atoms with van der Waals surface area (Å²) < 4.78 is 68.7. The quantitative estimate of drug-likeness (QED) is 0.616. The molecule has 1 saturated heterocycles. The van der Waals surface area contributed by atoms with E-state index in [-0.39, 0.29) is 6.54 Å². The zero-order chi connectivity index (χ0) is 22.5. The van der Waals surface area contributed by atoms with E-state index in [0.29, 0.717) is 13.0 Å². The van der Waals surface area contributed by atoms with E-state index in [0.717, 1.165) is 38.3 Å². The van der Waals surface area contributed by atoms with Crippen molar-refractivity contribution in [3.05, 3.63) is 54.1 Å². The molecule has 0 saturated carbocycles. The summed E-state index contributed by atoms with van der Waals surface area (Å²) in [4.78, 5) is 4.05. The van der Waals surface area contributed by atoms with Crippen molar-refractivity contribution >= 4 is 15.7 Å². The maximum atomic E-state index is 12.5. The largest absolute Gasteiger partial charge is 0.573 e. The van der Waals surface area contributed by atoms with Crippen LogP contribution in [-0.4, -0.2) is 58.9 Å². The Kier molecular flexibility index (Phi) is 7.45. The molecule has 170 valence electrons. The van der Waals surface area contributed by atoms with Crippen LogP contribution in [-0.2, 0) is 10.0 Å². The van der Waals surface area contributed by atoms with E-state index in [1.165, 1.54) is 23.4 Å². The van der Waals surface area contributed by atoms with Crippen LogP contribution in [0.4, 0.5) is 18.9 Å². The van der Waals surface area contributed by atoms with Gasteiger partial charge in [0.25, 0.3) is 0 Å². The maximum Gasteiger partial charge on any atom is 0.573 e. The summed E-state index contributed by atoms with van der Waals surface area (Å²) >= 11 is 0. The fourth-order valence-corrected chi connectivity index (χ4v) is 4.72. The highest BCUT2D eigenvalue weighted by molar-refractivity contribution is 7.89. The second kappa shape index (κ2) is 9.88. The fourth-order valence-electron chi connectivity index (χ4n) is 3.52. The number of alkyl halides is 3. The summed E-state index contributed by atoms with van der Waals surface area (Å²) in [7, 11) is -4.12. The molecule has 6 nitrogen and oxygen atoms in total. The van der Waals surface area contributed by atoms with Crippen molar-refractivity contribution in [3.8, 4) is 5.75 Å². The molecule has 2 aromatic carbocycles. The van der Waals surface area contributed by atoms with Crippen LogP contribution in [0.25, 0.3) is 0 Å². The number of benzene rings is 2. The lowest BCUT2D eigenvalue weighted by molar-refractivity contribution is -0.275. The van der Waals surface area contributed by atoms with E-state index in [4.69, 9.17) is 0 Å². The average molecular weight is 458 g/mol. The van der Waals surface area contributed by atoms with E-state index in [1.54, 1.807) is 0 Å². The van der Waals surface area contributed by atoms with E-state index >= 15 is 0 Å². The number of aryl methyl sites for hydroxylation is 1. The van der Waals surface area contributed by atoms with Gasteiger partial charge in [-0.1, -0.05) is 24.3 Å². The van der Waals surface area contributed by atoms with E-state index in [2.05, 4.69) is 44.4 Å². The second-order valence-corrected chi connectivity index (χ2v) is 9.15. The number of halogens is 3. The van der Waals surface area contributed by atoms with Gasteiger partial charge in [-0.3, -0.25) is 4.90 Å².